The molecule has 1 saturated heterocycles. The van der Waals surface area contributed by atoms with Gasteiger partial charge >= 0.3 is 0 Å². The largest absolute Gasteiger partial charge is 0.340 e. The highest BCUT2D eigenvalue weighted by atomic mass is 32.2. The number of hydrogen-bond acceptors (Lipinski definition) is 6. The molecule has 3 rings (SSSR count). The zero-order valence-electron chi connectivity index (χ0n) is 18.4. The summed E-state index contributed by atoms with van der Waals surface area (Å²) in [7, 11) is -7.24. The number of benzene rings is 1. The van der Waals surface area contributed by atoms with Gasteiger partial charge in [-0.1, -0.05) is 26.0 Å². The van der Waals surface area contributed by atoms with Crippen LogP contribution in [0.5, 0.6) is 0 Å². The molecule has 1 N–H and O–H groups in total. The second-order valence-electron chi connectivity index (χ2n) is 8.02. The van der Waals surface area contributed by atoms with Gasteiger partial charge in [0.15, 0.2) is 0 Å². The number of thiophene rings is 1. The van der Waals surface area contributed by atoms with Gasteiger partial charge in [0.05, 0.1) is 4.90 Å². The van der Waals surface area contributed by atoms with Gasteiger partial charge in [-0.05, 0) is 42.7 Å². The van der Waals surface area contributed by atoms with E-state index in [1.54, 1.807) is 41.3 Å². The van der Waals surface area contributed by atoms with Crippen molar-refractivity contribution in [1.29, 1.82) is 0 Å². The molecule has 2 heterocycles. The summed E-state index contributed by atoms with van der Waals surface area (Å²) in [4.78, 5) is 15.2. The van der Waals surface area contributed by atoms with Crippen molar-refractivity contribution in [2.45, 2.75) is 42.2 Å². The Bertz CT molecular complexity index is 1150. The first kappa shape index (κ1) is 24.8. The molecule has 0 saturated carbocycles. The van der Waals surface area contributed by atoms with Crippen molar-refractivity contribution < 1.29 is 21.6 Å². The maximum absolute atomic E-state index is 12.7. The van der Waals surface area contributed by atoms with Crippen LogP contribution in [0.15, 0.2) is 45.5 Å². The fourth-order valence-corrected chi connectivity index (χ4v) is 7.31. The van der Waals surface area contributed by atoms with Gasteiger partial charge in [-0.2, -0.15) is 4.31 Å². The molecule has 0 atom stereocenters. The Labute approximate surface area is 194 Å². The van der Waals surface area contributed by atoms with E-state index in [4.69, 9.17) is 0 Å². The number of hydrogen-bond donors (Lipinski definition) is 1. The van der Waals surface area contributed by atoms with Crippen LogP contribution < -0.4 is 4.72 Å². The quantitative estimate of drug-likeness (QED) is 0.601. The lowest BCUT2D eigenvalue weighted by atomic mass is 10.0. The predicted molar refractivity (Wildman–Crippen MR) is 125 cm³/mol. The normalized spacial score (nSPS) is 15.9. The Kier molecular flexibility index (Phi) is 7.77. The number of nitrogens with one attached hydrogen (secondary N) is 1. The number of carbonyl (C=O) groups excluding carboxylic acids is 1. The third kappa shape index (κ3) is 5.76. The fraction of sp³-hybridized carbons (Fsp3) is 0.476. The van der Waals surface area contributed by atoms with Crippen molar-refractivity contribution in [3.05, 3.63) is 46.8 Å². The number of nitrogens with zero attached hydrogens (tertiary/aromatic N) is 2. The second kappa shape index (κ2) is 10.0. The lowest BCUT2D eigenvalue weighted by Gasteiger charge is -2.33. The van der Waals surface area contributed by atoms with Gasteiger partial charge in [0.1, 0.15) is 4.21 Å². The summed E-state index contributed by atoms with van der Waals surface area (Å²) in [5.41, 5.74) is 1.05. The Morgan fingerprint density at radius 3 is 2.16 bits per heavy atom. The predicted octanol–water partition coefficient (Wildman–Crippen LogP) is 2.38. The van der Waals surface area contributed by atoms with Crippen molar-refractivity contribution >= 4 is 37.3 Å². The molecule has 0 spiro atoms. The molecule has 1 aliphatic heterocycles. The number of rotatable bonds is 8. The maximum Gasteiger partial charge on any atom is 0.252 e. The lowest BCUT2D eigenvalue weighted by Crippen LogP contribution is -2.50. The highest BCUT2D eigenvalue weighted by Gasteiger charge is 2.31. The zero-order chi connectivity index (χ0) is 23.5. The van der Waals surface area contributed by atoms with Gasteiger partial charge in [-0.25, -0.2) is 21.6 Å². The van der Waals surface area contributed by atoms with Crippen LogP contribution in [0.4, 0.5) is 0 Å². The van der Waals surface area contributed by atoms with Crippen molar-refractivity contribution in [1.82, 2.24) is 13.9 Å². The summed E-state index contributed by atoms with van der Waals surface area (Å²) in [6.07, 6.45) is 0.0141. The Hall–Kier alpha value is -1.79. The zero-order valence-corrected chi connectivity index (χ0v) is 20.9. The van der Waals surface area contributed by atoms with Gasteiger partial charge in [0.25, 0.3) is 10.0 Å². The summed E-state index contributed by atoms with van der Waals surface area (Å²) in [6, 6.07) is 10.1. The molecule has 1 aliphatic rings. The summed E-state index contributed by atoms with van der Waals surface area (Å²) in [6.45, 7) is 6.92. The first-order valence-electron chi connectivity index (χ1n) is 10.4. The number of carbonyl (C=O) groups is 1. The molecule has 0 bridgehead atoms. The van der Waals surface area contributed by atoms with E-state index in [-0.39, 0.29) is 49.9 Å². The molecule has 1 aromatic carbocycles. The topological polar surface area (TPSA) is 104 Å². The average Bonchev–Trinajstić information content (AvgIpc) is 3.21. The van der Waals surface area contributed by atoms with E-state index in [9.17, 15) is 21.6 Å². The van der Waals surface area contributed by atoms with Crippen LogP contribution in [0.1, 0.15) is 36.6 Å². The van der Waals surface area contributed by atoms with Gasteiger partial charge < -0.3 is 4.90 Å². The van der Waals surface area contributed by atoms with Crippen molar-refractivity contribution in [3.8, 4) is 0 Å². The van der Waals surface area contributed by atoms with E-state index in [1.165, 1.54) is 15.6 Å². The Morgan fingerprint density at radius 2 is 1.62 bits per heavy atom. The third-order valence-corrected chi connectivity index (χ3v) is 10.2. The first-order valence-corrected chi connectivity index (χ1v) is 14.2. The van der Waals surface area contributed by atoms with E-state index in [0.717, 1.165) is 10.4 Å². The minimum atomic E-state index is -3.69. The molecule has 8 nitrogen and oxygen atoms in total. The first-order chi connectivity index (χ1) is 15.0. The van der Waals surface area contributed by atoms with Crippen LogP contribution in [-0.2, 0) is 24.8 Å². The standard InChI is InChI=1S/C21H29N3O5S3/c1-16(2)18-5-7-19(8-6-18)31(26,27)22-11-10-20(25)23-12-14-24(15-13-23)32(28,29)21-9-4-17(3)30-21/h4-9,16,22H,10-15H2,1-3H3. The number of sulfonamides is 2. The summed E-state index contributed by atoms with van der Waals surface area (Å²) >= 11 is 1.23. The van der Waals surface area contributed by atoms with E-state index in [2.05, 4.69) is 4.72 Å². The van der Waals surface area contributed by atoms with E-state index >= 15 is 0 Å². The number of piperazine rings is 1. The summed E-state index contributed by atoms with van der Waals surface area (Å²) < 4.78 is 54.5. The van der Waals surface area contributed by atoms with E-state index in [1.807, 2.05) is 20.8 Å². The minimum Gasteiger partial charge on any atom is -0.340 e. The Balaban J connectivity index is 1.49. The maximum atomic E-state index is 12.7. The minimum absolute atomic E-state index is 0.0138. The number of aryl methyl sites for hydroxylation is 1. The molecule has 2 aromatic rings. The van der Waals surface area contributed by atoms with Crippen LogP contribution in [0.2, 0.25) is 0 Å². The van der Waals surface area contributed by atoms with Crippen LogP contribution in [0.25, 0.3) is 0 Å². The molecule has 176 valence electrons. The molecule has 0 unspecified atom stereocenters. The Morgan fingerprint density at radius 1 is 1.00 bits per heavy atom. The molecule has 32 heavy (non-hydrogen) atoms. The smallest absolute Gasteiger partial charge is 0.252 e. The third-order valence-electron chi connectivity index (χ3n) is 5.39. The highest BCUT2D eigenvalue weighted by Crippen LogP contribution is 2.25. The van der Waals surface area contributed by atoms with Crippen molar-refractivity contribution in [3.63, 3.8) is 0 Å². The fourth-order valence-electron chi connectivity index (χ4n) is 3.42. The van der Waals surface area contributed by atoms with E-state index < -0.39 is 20.0 Å². The number of amides is 1. The van der Waals surface area contributed by atoms with Crippen LogP contribution >= 0.6 is 11.3 Å². The monoisotopic (exact) mass is 499 g/mol. The van der Waals surface area contributed by atoms with Gasteiger partial charge in [0, 0.05) is 44.0 Å². The van der Waals surface area contributed by atoms with Gasteiger partial charge in [0.2, 0.25) is 15.9 Å². The molecule has 1 fully saturated rings. The van der Waals surface area contributed by atoms with Crippen LogP contribution in [0.3, 0.4) is 0 Å². The molecule has 1 aromatic heterocycles. The molecular weight excluding hydrogens is 470 g/mol. The molecule has 1 amide bonds. The average molecular weight is 500 g/mol. The highest BCUT2D eigenvalue weighted by molar-refractivity contribution is 7.91. The second-order valence-corrected chi connectivity index (χ2v) is 13.2. The van der Waals surface area contributed by atoms with Gasteiger partial charge in [-0.3, -0.25) is 4.79 Å². The van der Waals surface area contributed by atoms with Gasteiger partial charge in [-0.15, -0.1) is 11.3 Å². The SMILES string of the molecule is Cc1ccc(S(=O)(=O)N2CCN(C(=O)CCNS(=O)(=O)c3ccc(C(C)C)cc3)CC2)s1. The molecule has 0 radical (unpaired) electrons. The molecular formula is C21H29N3O5S3. The molecule has 11 heteroatoms. The lowest BCUT2D eigenvalue weighted by molar-refractivity contribution is -0.132. The van der Waals surface area contributed by atoms with Crippen molar-refractivity contribution in [2.75, 3.05) is 32.7 Å². The molecule has 0 aliphatic carbocycles. The van der Waals surface area contributed by atoms with Crippen LogP contribution in [0, 0.1) is 6.92 Å². The van der Waals surface area contributed by atoms with Crippen molar-refractivity contribution in [2.24, 2.45) is 0 Å². The van der Waals surface area contributed by atoms with E-state index in [0.29, 0.717) is 10.1 Å². The van der Waals surface area contributed by atoms with Crippen LogP contribution in [-0.4, -0.2) is 64.7 Å². The summed E-state index contributed by atoms with van der Waals surface area (Å²) in [5.74, 6) is 0.106. The summed E-state index contributed by atoms with van der Waals surface area (Å²) in [5, 5.41) is 0.